The number of nitrogens with zero attached hydrogens (tertiary/aromatic N) is 2. The Morgan fingerprint density at radius 3 is 1.04 bits per heavy atom. The smallest absolute Gasteiger partial charge is 0.0620 e. The van der Waals surface area contributed by atoms with Crippen LogP contribution in [-0.2, 0) is 5.41 Å². The van der Waals surface area contributed by atoms with Crippen molar-refractivity contribution in [1.29, 1.82) is 0 Å². The molecule has 0 aromatic heterocycles. The number of rotatable bonds is 8. The number of hydrogen-bond acceptors (Lipinski definition) is 2. The van der Waals surface area contributed by atoms with Gasteiger partial charge in [-0.25, -0.2) is 0 Å². The molecule has 0 amide bonds. The summed E-state index contributed by atoms with van der Waals surface area (Å²) in [6, 6.07) is 92.7. The average Bonchev–Trinajstić information content (AvgIpc) is 3.93. The Morgan fingerprint density at radius 1 is 0.286 bits per heavy atom. The highest BCUT2D eigenvalue weighted by Gasteiger charge is 2.33. The average molecular weight is 897 g/mol. The number of anilines is 6. The highest BCUT2D eigenvalue weighted by atomic mass is 15.2. The monoisotopic (exact) mass is 896 g/mol. The molecule has 0 fully saturated rings. The first kappa shape index (κ1) is 41.7. The second-order valence-corrected chi connectivity index (χ2v) is 20.0. The molecular formula is C68H52N2. The zero-order valence-corrected chi connectivity index (χ0v) is 39.7. The van der Waals surface area contributed by atoms with Crippen molar-refractivity contribution in [2.24, 2.45) is 0 Å². The minimum atomic E-state index is -0.0979. The van der Waals surface area contributed by atoms with E-state index < -0.39 is 0 Å². The maximum atomic E-state index is 2.53. The highest BCUT2D eigenvalue weighted by Crippen LogP contribution is 2.54. The van der Waals surface area contributed by atoms with Gasteiger partial charge >= 0.3 is 0 Å². The van der Waals surface area contributed by atoms with Crippen LogP contribution in [0.25, 0.3) is 43.8 Å². The first-order chi connectivity index (χ1) is 34.4. The third-order valence-corrected chi connectivity index (χ3v) is 14.9. The van der Waals surface area contributed by atoms with E-state index in [2.05, 4.69) is 279 Å². The van der Waals surface area contributed by atoms with Gasteiger partial charge in [0.2, 0.25) is 0 Å². The molecule has 0 heterocycles. The van der Waals surface area contributed by atoms with Crippen LogP contribution in [0.15, 0.2) is 249 Å². The predicted octanol–water partition coefficient (Wildman–Crippen LogP) is 18.6. The van der Waals surface area contributed by atoms with E-state index in [1.54, 1.807) is 0 Å². The normalized spacial score (nSPS) is 13.0. The fourth-order valence-corrected chi connectivity index (χ4v) is 11.8. The second kappa shape index (κ2) is 16.6. The predicted molar refractivity (Wildman–Crippen MR) is 295 cm³/mol. The van der Waals surface area contributed by atoms with Crippen LogP contribution in [0, 0.1) is 0 Å². The minimum absolute atomic E-state index is 0.0979. The summed E-state index contributed by atoms with van der Waals surface area (Å²) in [6.07, 6.45) is 0. The standard InChI is InChI=1S/C68H52N2/c1-68(2,3)47-40-41-62-63(44-47)67(70(49-26-8-5-9-27-49)51-29-21-23-46(43-51)65-58-36-16-12-32-54(58)55-33-13-17-37-59(55)65)61-39-19-18-38-60(61)66(62)69(48-24-6-4-7-25-48)50-28-20-22-45(42-50)64-56-34-14-10-30-52(56)53-31-11-15-35-57(53)64/h4-44,64-65H,1-3H3. The van der Waals surface area contributed by atoms with Crippen LogP contribution in [0.3, 0.4) is 0 Å². The quantitative estimate of drug-likeness (QED) is 0.111. The van der Waals surface area contributed by atoms with Gasteiger partial charge < -0.3 is 9.80 Å². The van der Waals surface area contributed by atoms with Gasteiger partial charge in [0.1, 0.15) is 0 Å². The molecule has 13 rings (SSSR count). The van der Waals surface area contributed by atoms with E-state index in [4.69, 9.17) is 0 Å². The molecule has 0 radical (unpaired) electrons. The summed E-state index contributed by atoms with van der Waals surface area (Å²) in [5.74, 6) is 0.242. The van der Waals surface area contributed by atoms with Crippen molar-refractivity contribution < 1.29 is 0 Å². The summed E-state index contributed by atoms with van der Waals surface area (Å²) in [4.78, 5) is 5.05. The molecule has 2 heteroatoms. The number of hydrogen-bond donors (Lipinski definition) is 0. The van der Waals surface area contributed by atoms with Crippen molar-refractivity contribution in [2.45, 2.75) is 38.0 Å². The third kappa shape index (κ3) is 6.78. The molecule has 0 bridgehead atoms. The zero-order valence-electron chi connectivity index (χ0n) is 39.7. The summed E-state index contributed by atoms with van der Waals surface area (Å²) < 4.78 is 0. The topological polar surface area (TPSA) is 6.48 Å². The lowest BCUT2D eigenvalue weighted by molar-refractivity contribution is 0.591. The molecule has 11 aromatic carbocycles. The van der Waals surface area contributed by atoms with Crippen LogP contribution in [-0.4, -0.2) is 0 Å². The Kier molecular flexibility index (Phi) is 9.92. The van der Waals surface area contributed by atoms with Crippen LogP contribution in [0.1, 0.15) is 71.6 Å². The lowest BCUT2D eigenvalue weighted by Crippen LogP contribution is -2.16. The van der Waals surface area contributed by atoms with Gasteiger partial charge in [-0.1, -0.05) is 215 Å². The molecule has 70 heavy (non-hydrogen) atoms. The lowest BCUT2D eigenvalue weighted by Gasteiger charge is -2.34. The van der Waals surface area contributed by atoms with E-state index in [-0.39, 0.29) is 17.3 Å². The van der Waals surface area contributed by atoms with Crippen molar-refractivity contribution in [3.05, 3.63) is 288 Å². The SMILES string of the molecule is CC(C)(C)c1ccc2c(N(c3ccccc3)c3cccc(C4c5ccccc5-c5ccccc54)c3)c3ccccc3c(N(c3ccccc3)c3cccc(C4c5ccccc5-c5ccccc54)c3)c2c1. The maximum Gasteiger partial charge on any atom is 0.0620 e. The van der Waals surface area contributed by atoms with Crippen LogP contribution < -0.4 is 9.80 Å². The molecule has 2 nitrogen and oxygen atoms in total. The van der Waals surface area contributed by atoms with Gasteiger partial charge in [-0.05, 0) is 121 Å². The Balaban J connectivity index is 1.07. The van der Waals surface area contributed by atoms with Gasteiger partial charge in [0, 0.05) is 56.1 Å². The summed E-state index contributed by atoms with van der Waals surface area (Å²) >= 11 is 0. The lowest BCUT2D eigenvalue weighted by atomic mass is 9.84. The van der Waals surface area contributed by atoms with Gasteiger partial charge in [-0.3, -0.25) is 0 Å². The third-order valence-electron chi connectivity index (χ3n) is 14.9. The fourth-order valence-electron chi connectivity index (χ4n) is 11.8. The van der Waals surface area contributed by atoms with Gasteiger partial charge in [0.25, 0.3) is 0 Å². The summed E-state index contributed by atoms with van der Waals surface area (Å²) in [6.45, 7) is 6.98. The van der Waals surface area contributed by atoms with Gasteiger partial charge in [-0.15, -0.1) is 0 Å². The molecule has 0 saturated carbocycles. The van der Waals surface area contributed by atoms with Gasteiger partial charge in [-0.2, -0.15) is 0 Å². The van der Waals surface area contributed by atoms with E-state index in [1.807, 2.05) is 0 Å². The van der Waals surface area contributed by atoms with Crippen LogP contribution in [0.5, 0.6) is 0 Å². The summed E-state index contributed by atoms with van der Waals surface area (Å²) in [5, 5.41) is 4.73. The van der Waals surface area contributed by atoms with Crippen LogP contribution in [0.4, 0.5) is 34.1 Å². The number of para-hydroxylation sites is 2. The van der Waals surface area contributed by atoms with Crippen molar-refractivity contribution >= 4 is 55.7 Å². The van der Waals surface area contributed by atoms with E-state index >= 15 is 0 Å². The Bertz CT molecular complexity index is 3700. The molecule has 0 spiro atoms. The summed E-state index contributed by atoms with van der Waals surface area (Å²) in [5.41, 5.74) is 21.2. The molecular weight excluding hydrogens is 845 g/mol. The molecule has 0 unspecified atom stereocenters. The van der Waals surface area contributed by atoms with E-state index in [9.17, 15) is 0 Å². The fraction of sp³-hybridized carbons (Fsp3) is 0.0882. The molecule has 0 aliphatic heterocycles. The second-order valence-electron chi connectivity index (χ2n) is 20.0. The first-order valence-electron chi connectivity index (χ1n) is 24.7. The van der Waals surface area contributed by atoms with Crippen molar-refractivity contribution in [3.63, 3.8) is 0 Å². The first-order valence-corrected chi connectivity index (χ1v) is 24.7. The Morgan fingerprint density at radius 2 is 0.629 bits per heavy atom. The van der Waals surface area contributed by atoms with Gasteiger partial charge in [0.15, 0.2) is 0 Å². The molecule has 2 aliphatic carbocycles. The van der Waals surface area contributed by atoms with E-state index in [0.29, 0.717) is 0 Å². The molecule has 0 saturated heterocycles. The van der Waals surface area contributed by atoms with Crippen molar-refractivity contribution in [3.8, 4) is 22.3 Å². The van der Waals surface area contributed by atoms with Crippen LogP contribution >= 0.6 is 0 Å². The van der Waals surface area contributed by atoms with Crippen LogP contribution in [0.2, 0.25) is 0 Å². The minimum Gasteiger partial charge on any atom is -0.309 e. The zero-order chi connectivity index (χ0) is 46.9. The molecule has 2 aliphatic rings. The number of fused-ring (bicyclic) bond motifs is 8. The van der Waals surface area contributed by atoms with E-state index in [1.165, 1.54) is 82.7 Å². The molecule has 0 N–H and O–H groups in total. The van der Waals surface area contributed by atoms with Crippen molar-refractivity contribution in [1.82, 2.24) is 0 Å². The maximum absolute atomic E-state index is 2.53. The Hall–Kier alpha value is -8.46. The molecule has 0 atom stereocenters. The van der Waals surface area contributed by atoms with E-state index in [0.717, 1.165) is 34.1 Å². The largest absolute Gasteiger partial charge is 0.309 e. The van der Waals surface area contributed by atoms with Crippen molar-refractivity contribution in [2.75, 3.05) is 9.80 Å². The summed E-state index contributed by atoms with van der Waals surface area (Å²) in [7, 11) is 0. The Labute approximate surface area is 411 Å². The molecule has 11 aromatic rings. The van der Waals surface area contributed by atoms with Gasteiger partial charge in [0.05, 0.1) is 11.4 Å². The number of benzene rings is 11. The highest BCUT2D eigenvalue weighted by molar-refractivity contribution is 6.23. The molecule has 334 valence electrons.